The smallest absolute Gasteiger partial charge is 0.357 e. The van der Waals surface area contributed by atoms with Gasteiger partial charge in [-0.25, -0.2) is 4.79 Å². The summed E-state index contributed by atoms with van der Waals surface area (Å²) in [4.78, 5) is 10.8. The first-order valence-corrected chi connectivity index (χ1v) is 4.96. The molecule has 6 heteroatoms. The second-order valence-electron chi connectivity index (χ2n) is 3.09. The number of carboxylic acids is 1. The Hall–Kier alpha value is -1.69. The van der Waals surface area contributed by atoms with Crippen molar-refractivity contribution < 1.29 is 14.3 Å². The molecule has 15 heavy (non-hydrogen) atoms. The van der Waals surface area contributed by atoms with Gasteiger partial charge in [-0.15, -0.1) is 0 Å². The van der Waals surface area contributed by atoms with Gasteiger partial charge in [-0.05, 0) is 19.9 Å². The Morgan fingerprint density at radius 1 is 1.47 bits per heavy atom. The minimum Gasteiger partial charge on any atom is -0.476 e. The van der Waals surface area contributed by atoms with Crippen LogP contribution in [-0.4, -0.2) is 19.8 Å². The van der Waals surface area contributed by atoms with E-state index in [0.717, 1.165) is 17.5 Å². The molecule has 2 aromatic rings. The van der Waals surface area contributed by atoms with Gasteiger partial charge in [0.2, 0.25) is 0 Å². The molecule has 0 fully saturated rings. The number of carbonyl (C=O) groups is 1. The SMILES string of the molecule is Cc1cc(-c2nsnc2C(=O)O)c(C)o1. The maximum absolute atomic E-state index is 10.8. The zero-order valence-corrected chi connectivity index (χ0v) is 8.96. The normalized spacial score (nSPS) is 10.5. The third-order valence-corrected chi connectivity index (χ3v) is 2.52. The standard InChI is InChI=1S/C9H8N2O3S/c1-4-3-6(5(2)14-4)7-8(9(12)13)11-15-10-7/h3H,1-2H3,(H,12,13). The Labute approximate surface area is 89.7 Å². The number of nitrogens with zero attached hydrogens (tertiary/aromatic N) is 2. The lowest BCUT2D eigenvalue weighted by atomic mass is 10.1. The van der Waals surface area contributed by atoms with Gasteiger partial charge in [-0.1, -0.05) is 0 Å². The summed E-state index contributed by atoms with van der Waals surface area (Å²) in [5, 5.41) is 8.89. The Morgan fingerprint density at radius 3 is 2.73 bits per heavy atom. The van der Waals surface area contributed by atoms with Gasteiger partial charge in [-0.2, -0.15) is 8.75 Å². The van der Waals surface area contributed by atoms with Gasteiger partial charge >= 0.3 is 5.97 Å². The summed E-state index contributed by atoms with van der Waals surface area (Å²) in [5.41, 5.74) is 1.05. The lowest BCUT2D eigenvalue weighted by molar-refractivity contribution is 0.0692. The first-order chi connectivity index (χ1) is 7.09. The van der Waals surface area contributed by atoms with E-state index in [9.17, 15) is 4.79 Å². The van der Waals surface area contributed by atoms with Gasteiger partial charge in [0.25, 0.3) is 0 Å². The highest BCUT2D eigenvalue weighted by Crippen LogP contribution is 2.27. The molecule has 0 amide bonds. The summed E-state index contributed by atoms with van der Waals surface area (Å²) in [6.45, 7) is 3.57. The van der Waals surface area contributed by atoms with Crippen LogP contribution in [0.4, 0.5) is 0 Å². The second kappa shape index (κ2) is 3.47. The van der Waals surface area contributed by atoms with Crippen molar-refractivity contribution in [1.82, 2.24) is 8.75 Å². The average molecular weight is 224 g/mol. The molecule has 0 aliphatic heterocycles. The van der Waals surface area contributed by atoms with Crippen LogP contribution in [0.1, 0.15) is 22.0 Å². The van der Waals surface area contributed by atoms with Crippen LogP contribution in [0, 0.1) is 13.8 Å². The zero-order valence-electron chi connectivity index (χ0n) is 8.14. The van der Waals surface area contributed by atoms with Crippen molar-refractivity contribution >= 4 is 17.7 Å². The molecule has 2 heterocycles. The molecule has 0 saturated carbocycles. The molecule has 0 aliphatic carbocycles. The minimum atomic E-state index is -1.07. The number of furan rings is 1. The predicted molar refractivity (Wildman–Crippen MR) is 54.0 cm³/mol. The van der Waals surface area contributed by atoms with Crippen LogP contribution >= 0.6 is 11.7 Å². The Balaban J connectivity index is 2.58. The van der Waals surface area contributed by atoms with E-state index in [4.69, 9.17) is 9.52 Å². The van der Waals surface area contributed by atoms with E-state index in [0.29, 0.717) is 17.0 Å². The van der Waals surface area contributed by atoms with Crippen molar-refractivity contribution in [3.63, 3.8) is 0 Å². The molecule has 2 aromatic heterocycles. The number of hydrogen-bond acceptors (Lipinski definition) is 5. The van der Waals surface area contributed by atoms with E-state index in [-0.39, 0.29) is 5.69 Å². The van der Waals surface area contributed by atoms with E-state index in [1.807, 2.05) is 0 Å². The molecular formula is C9H8N2O3S. The summed E-state index contributed by atoms with van der Waals surface area (Å²) in [6.07, 6.45) is 0. The van der Waals surface area contributed by atoms with Gasteiger partial charge in [0, 0.05) is 5.56 Å². The van der Waals surface area contributed by atoms with E-state index in [1.54, 1.807) is 19.9 Å². The molecule has 1 N–H and O–H groups in total. The number of aromatic nitrogens is 2. The Bertz CT molecular complexity index is 515. The van der Waals surface area contributed by atoms with E-state index in [1.165, 1.54) is 0 Å². The van der Waals surface area contributed by atoms with Crippen LogP contribution < -0.4 is 0 Å². The lowest BCUT2D eigenvalue weighted by Gasteiger charge is -1.93. The number of hydrogen-bond donors (Lipinski definition) is 1. The van der Waals surface area contributed by atoms with Crippen LogP contribution in [-0.2, 0) is 0 Å². The minimum absolute atomic E-state index is 0.0242. The number of aromatic carboxylic acids is 1. The molecule has 0 aliphatic rings. The molecule has 0 aromatic carbocycles. The third kappa shape index (κ3) is 1.63. The molecule has 2 rings (SSSR count). The fourth-order valence-corrected chi connectivity index (χ4v) is 1.93. The summed E-state index contributed by atoms with van der Waals surface area (Å²) in [7, 11) is 0. The monoisotopic (exact) mass is 224 g/mol. The van der Waals surface area contributed by atoms with Crippen LogP contribution in [0.2, 0.25) is 0 Å². The first kappa shape index (κ1) is 9.85. The van der Waals surface area contributed by atoms with Crippen LogP contribution in [0.25, 0.3) is 11.3 Å². The topological polar surface area (TPSA) is 76.2 Å². The summed E-state index contributed by atoms with van der Waals surface area (Å²) in [6, 6.07) is 1.76. The van der Waals surface area contributed by atoms with Crippen molar-refractivity contribution in [2.45, 2.75) is 13.8 Å². The van der Waals surface area contributed by atoms with Crippen molar-refractivity contribution in [3.8, 4) is 11.3 Å². The molecule has 78 valence electrons. The quantitative estimate of drug-likeness (QED) is 0.845. The van der Waals surface area contributed by atoms with E-state index >= 15 is 0 Å². The van der Waals surface area contributed by atoms with Crippen molar-refractivity contribution in [2.75, 3.05) is 0 Å². The Morgan fingerprint density at radius 2 is 2.20 bits per heavy atom. The fraction of sp³-hybridized carbons (Fsp3) is 0.222. The molecule has 0 bridgehead atoms. The van der Waals surface area contributed by atoms with Crippen LogP contribution in [0.5, 0.6) is 0 Å². The zero-order chi connectivity index (χ0) is 11.0. The molecule has 5 nitrogen and oxygen atoms in total. The molecule has 0 spiro atoms. The van der Waals surface area contributed by atoms with Crippen molar-refractivity contribution in [2.24, 2.45) is 0 Å². The molecule has 0 unspecified atom stereocenters. The third-order valence-electron chi connectivity index (χ3n) is 1.99. The Kier molecular flexibility index (Phi) is 2.28. The highest BCUT2D eigenvalue weighted by atomic mass is 32.1. The largest absolute Gasteiger partial charge is 0.476 e. The van der Waals surface area contributed by atoms with Crippen LogP contribution in [0.15, 0.2) is 10.5 Å². The summed E-state index contributed by atoms with van der Waals surface area (Å²) in [5.74, 6) is 0.312. The van der Waals surface area contributed by atoms with Crippen LogP contribution in [0.3, 0.4) is 0 Å². The number of aryl methyl sites for hydroxylation is 2. The maximum atomic E-state index is 10.8. The maximum Gasteiger partial charge on any atom is 0.357 e. The highest BCUT2D eigenvalue weighted by Gasteiger charge is 2.20. The van der Waals surface area contributed by atoms with Gasteiger partial charge in [0.1, 0.15) is 17.2 Å². The van der Waals surface area contributed by atoms with Gasteiger partial charge in [-0.3, -0.25) is 0 Å². The average Bonchev–Trinajstić information content (AvgIpc) is 2.71. The highest BCUT2D eigenvalue weighted by molar-refractivity contribution is 6.99. The van der Waals surface area contributed by atoms with Gasteiger partial charge in [0.05, 0.1) is 11.7 Å². The van der Waals surface area contributed by atoms with Crippen molar-refractivity contribution in [1.29, 1.82) is 0 Å². The molecular weight excluding hydrogens is 216 g/mol. The van der Waals surface area contributed by atoms with E-state index in [2.05, 4.69) is 8.75 Å². The summed E-state index contributed by atoms with van der Waals surface area (Å²) >= 11 is 0.885. The predicted octanol–water partition coefficient (Wildman–Crippen LogP) is 2.11. The van der Waals surface area contributed by atoms with E-state index < -0.39 is 5.97 Å². The lowest BCUT2D eigenvalue weighted by Crippen LogP contribution is -1.98. The fourth-order valence-electron chi connectivity index (χ4n) is 1.37. The molecule has 0 saturated heterocycles. The first-order valence-electron chi connectivity index (χ1n) is 4.23. The van der Waals surface area contributed by atoms with Gasteiger partial charge < -0.3 is 9.52 Å². The second-order valence-corrected chi connectivity index (χ2v) is 3.62. The molecule has 0 radical (unpaired) electrons. The summed E-state index contributed by atoms with van der Waals surface area (Å²) < 4.78 is 13.0. The van der Waals surface area contributed by atoms with Crippen molar-refractivity contribution in [3.05, 3.63) is 23.3 Å². The number of rotatable bonds is 2. The molecule has 0 atom stereocenters. The number of carboxylic acid groups (broad SMARTS) is 1. The van der Waals surface area contributed by atoms with Gasteiger partial charge in [0.15, 0.2) is 5.69 Å².